The topological polar surface area (TPSA) is 101 Å². The van der Waals surface area contributed by atoms with Gasteiger partial charge in [0.15, 0.2) is 5.78 Å². The SMILES string of the molecule is Cc1cc([N+](=O)[O-])ccc1N1C(=O)C2C(C1=O)C1c3ccccc3C=CN1C2C(=O)c1ccc(Cl)cc1Cl. The van der Waals surface area contributed by atoms with Gasteiger partial charge >= 0.3 is 0 Å². The normalized spacial score (nSPS) is 23.3. The highest BCUT2D eigenvalue weighted by Crippen LogP contribution is 2.54. The number of nitro benzene ring substituents is 1. The van der Waals surface area contributed by atoms with Crippen LogP contribution in [0.15, 0.2) is 66.9 Å². The molecule has 0 bridgehead atoms. The van der Waals surface area contributed by atoms with Gasteiger partial charge in [-0.1, -0.05) is 47.5 Å². The van der Waals surface area contributed by atoms with Crippen molar-refractivity contribution in [1.29, 1.82) is 0 Å². The van der Waals surface area contributed by atoms with Gasteiger partial charge in [-0.05, 0) is 54.0 Å². The van der Waals surface area contributed by atoms with Crippen LogP contribution in [-0.4, -0.2) is 33.5 Å². The molecule has 3 aliphatic rings. The van der Waals surface area contributed by atoms with Crippen molar-refractivity contribution >= 4 is 58.3 Å². The maximum Gasteiger partial charge on any atom is 0.269 e. The van der Waals surface area contributed by atoms with Crippen molar-refractivity contribution in [2.24, 2.45) is 11.8 Å². The van der Waals surface area contributed by atoms with Crippen LogP contribution < -0.4 is 4.90 Å². The first kappa shape index (κ1) is 24.3. The minimum absolute atomic E-state index is 0.145. The van der Waals surface area contributed by atoms with Gasteiger partial charge in [-0.15, -0.1) is 0 Å². The van der Waals surface area contributed by atoms with E-state index in [9.17, 15) is 24.5 Å². The molecule has 190 valence electrons. The Morgan fingerprint density at radius 1 is 0.974 bits per heavy atom. The molecule has 0 N–H and O–H groups in total. The Kier molecular flexibility index (Phi) is 5.63. The third-order valence-electron chi connectivity index (χ3n) is 7.56. The van der Waals surface area contributed by atoms with E-state index in [1.165, 1.54) is 30.3 Å². The van der Waals surface area contributed by atoms with Gasteiger partial charge in [0.1, 0.15) is 6.04 Å². The van der Waals surface area contributed by atoms with Crippen LogP contribution in [0.2, 0.25) is 10.0 Å². The summed E-state index contributed by atoms with van der Waals surface area (Å²) < 4.78 is 0. The third-order valence-corrected chi connectivity index (χ3v) is 8.11. The smallest absolute Gasteiger partial charge is 0.269 e. The molecule has 0 aromatic heterocycles. The first-order valence-corrected chi connectivity index (χ1v) is 12.6. The van der Waals surface area contributed by atoms with Crippen molar-refractivity contribution in [2.75, 3.05) is 4.90 Å². The molecule has 6 rings (SSSR count). The Morgan fingerprint density at radius 2 is 1.71 bits per heavy atom. The molecule has 0 saturated carbocycles. The molecular weight excluding hydrogens is 529 g/mol. The average Bonchev–Trinajstić information content (AvgIpc) is 3.36. The highest BCUT2D eigenvalue weighted by atomic mass is 35.5. The van der Waals surface area contributed by atoms with Crippen molar-refractivity contribution in [3.8, 4) is 0 Å². The number of Topliss-reactive ketones (excluding diaryl/α,β-unsaturated/α-hetero) is 1. The molecule has 2 fully saturated rings. The maximum absolute atomic E-state index is 14.0. The number of carbonyl (C=O) groups is 3. The van der Waals surface area contributed by atoms with Gasteiger partial charge in [0.05, 0.1) is 33.5 Å². The van der Waals surface area contributed by atoms with Gasteiger partial charge in [-0.3, -0.25) is 24.5 Å². The Morgan fingerprint density at radius 3 is 2.42 bits per heavy atom. The van der Waals surface area contributed by atoms with Crippen molar-refractivity contribution in [3.05, 3.63) is 109 Å². The fourth-order valence-electron chi connectivity index (χ4n) is 5.95. The predicted octanol–water partition coefficient (Wildman–Crippen LogP) is 5.61. The van der Waals surface area contributed by atoms with Crippen molar-refractivity contribution in [2.45, 2.75) is 19.0 Å². The summed E-state index contributed by atoms with van der Waals surface area (Å²) in [6, 6.07) is 14.6. The van der Waals surface area contributed by atoms with Crippen molar-refractivity contribution in [3.63, 3.8) is 0 Å². The van der Waals surface area contributed by atoms with Gasteiger partial charge in [0.25, 0.3) is 5.69 Å². The summed E-state index contributed by atoms with van der Waals surface area (Å²) in [7, 11) is 0. The number of halogens is 2. The van der Waals surface area contributed by atoms with Gasteiger partial charge in [0, 0.05) is 28.9 Å². The number of aryl methyl sites for hydroxylation is 1. The van der Waals surface area contributed by atoms with Gasteiger partial charge in [-0.25, -0.2) is 4.90 Å². The van der Waals surface area contributed by atoms with E-state index >= 15 is 0 Å². The lowest BCUT2D eigenvalue weighted by Crippen LogP contribution is -2.44. The number of amides is 2. The monoisotopic (exact) mass is 547 g/mol. The van der Waals surface area contributed by atoms with E-state index in [0.717, 1.165) is 16.0 Å². The summed E-state index contributed by atoms with van der Waals surface area (Å²) in [5, 5.41) is 11.8. The predicted molar refractivity (Wildman–Crippen MR) is 142 cm³/mol. The van der Waals surface area contributed by atoms with Crippen LogP contribution in [0.4, 0.5) is 11.4 Å². The van der Waals surface area contributed by atoms with Crippen LogP contribution in [0.25, 0.3) is 6.08 Å². The molecule has 4 atom stereocenters. The van der Waals surface area contributed by atoms with E-state index in [2.05, 4.69) is 0 Å². The van der Waals surface area contributed by atoms with Crippen molar-refractivity contribution < 1.29 is 19.3 Å². The number of anilines is 1. The standard InChI is InChI=1S/C28H19Cl2N3O5/c1-14-12-17(33(37)38)7-9-21(14)32-27(35)22-23(28(32)36)25(26(34)19-8-6-16(29)13-20(19)30)31-11-10-15-4-2-3-5-18(15)24(22)31/h2-13,22-25H,1H3. The van der Waals surface area contributed by atoms with Gasteiger partial charge in [-0.2, -0.15) is 0 Å². The molecular formula is C28H19Cl2N3O5. The first-order valence-electron chi connectivity index (χ1n) is 11.9. The summed E-state index contributed by atoms with van der Waals surface area (Å²) in [5.74, 6) is -3.20. The van der Waals surface area contributed by atoms with Crippen LogP contribution in [0.3, 0.4) is 0 Å². The Hall–Kier alpha value is -4.01. The van der Waals surface area contributed by atoms with Crippen LogP contribution in [0.5, 0.6) is 0 Å². The van der Waals surface area contributed by atoms with Crippen LogP contribution >= 0.6 is 23.2 Å². The highest BCUT2D eigenvalue weighted by molar-refractivity contribution is 6.37. The first-order chi connectivity index (χ1) is 18.2. The van der Waals surface area contributed by atoms with Crippen molar-refractivity contribution in [1.82, 2.24) is 4.90 Å². The number of hydrogen-bond donors (Lipinski definition) is 0. The molecule has 3 aromatic rings. The van der Waals surface area contributed by atoms with Crippen LogP contribution in [0.1, 0.15) is 33.1 Å². The number of nitro groups is 1. The molecule has 4 unspecified atom stereocenters. The summed E-state index contributed by atoms with van der Waals surface area (Å²) in [4.78, 5) is 55.6. The van der Waals surface area contributed by atoms with E-state index in [-0.39, 0.29) is 22.0 Å². The number of non-ortho nitro benzene ring substituents is 1. The molecule has 38 heavy (non-hydrogen) atoms. The Bertz CT molecular complexity index is 1600. The quantitative estimate of drug-likeness (QED) is 0.182. The lowest BCUT2D eigenvalue weighted by atomic mass is 9.83. The summed E-state index contributed by atoms with van der Waals surface area (Å²) in [5.41, 5.74) is 2.47. The number of imide groups is 1. The van der Waals surface area contributed by atoms with E-state index in [1.54, 1.807) is 24.1 Å². The Labute approximate surface area is 227 Å². The summed E-state index contributed by atoms with van der Waals surface area (Å²) in [6.07, 6.45) is 3.63. The minimum atomic E-state index is -0.993. The van der Waals surface area contributed by atoms with E-state index in [4.69, 9.17) is 23.2 Å². The number of ketones is 1. The fourth-order valence-corrected chi connectivity index (χ4v) is 6.45. The zero-order valence-corrected chi connectivity index (χ0v) is 21.4. The number of benzene rings is 3. The second kappa shape index (κ2) is 8.79. The summed E-state index contributed by atoms with van der Waals surface area (Å²) in [6.45, 7) is 1.61. The third kappa shape index (κ3) is 3.48. The molecule has 8 nitrogen and oxygen atoms in total. The molecule has 0 aliphatic carbocycles. The number of hydrogen-bond acceptors (Lipinski definition) is 6. The fraction of sp³-hybridized carbons (Fsp3) is 0.179. The lowest BCUT2D eigenvalue weighted by molar-refractivity contribution is -0.384. The molecule has 2 saturated heterocycles. The summed E-state index contributed by atoms with van der Waals surface area (Å²) >= 11 is 12.4. The zero-order valence-electron chi connectivity index (χ0n) is 19.9. The number of nitrogens with zero attached hydrogens (tertiary/aromatic N) is 3. The minimum Gasteiger partial charge on any atom is -0.358 e. The molecule has 3 aromatic carbocycles. The van der Waals surface area contributed by atoms with E-state index < -0.39 is 46.4 Å². The average molecular weight is 548 g/mol. The molecule has 3 aliphatic heterocycles. The molecule has 0 radical (unpaired) electrons. The maximum atomic E-state index is 14.0. The molecule has 3 heterocycles. The number of fused-ring (bicyclic) bond motifs is 5. The van der Waals surface area contributed by atoms with Gasteiger partial charge in [0.2, 0.25) is 11.8 Å². The number of rotatable bonds is 4. The largest absolute Gasteiger partial charge is 0.358 e. The molecule has 10 heteroatoms. The number of carbonyl (C=O) groups excluding carboxylic acids is 3. The van der Waals surface area contributed by atoms with Gasteiger partial charge < -0.3 is 4.90 Å². The van der Waals surface area contributed by atoms with Crippen LogP contribution in [0, 0.1) is 28.9 Å². The zero-order chi connectivity index (χ0) is 26.9. The second-order valence-electron chi connectivity index (χ2n) is 9.56. The second-order valence-corrected chi connectivity index (χ2v) is 10.4. The highest BCUT2D eigenvalue weighted by Gasteiger charge is 2.64. The Balaban J connectivity index is 1.50. The lowest BCUT2D eigenvalue weighted by Gasteiger charge is -2.35. The van der Waals surface area contributed by atoms with Crippen LogP contribution in [-0.2, 0) is 9.59 Å². The van der Waals surface area contributed by atoms with E-state index in [0.29, 0.717) is 10.6 Å². The molecule has 2 amide bonds. The van der Waals surface area contributed by atoms with E-state index in [1.807, 2.05) is 30.3 Å². The molecule has 0 spiro atoms.